The van der Waals surface area contributed by atoms with Gasteiger partial charge in [0.25, 0.3) is 11.8 Å². The number of amides is 4. The Morgan fingerprint density at radius 3 is 2.38 bits per heavy atom. The van der Waals surface area contributed by atoms with Gasteiger partial charge >= 0.3 is 5.92 Å². The molecule has 2 aromatic rings. The third-order valence-electron chi connectivity index (χ3n) is 8.16. The number of fused-ring (bicyclic) bond motifs is 1. The first kappa shape index (κ1) is 27.0. The summed E-state index contributed by atoms with van der Waals surface area (Å²) in [4.78, 5) is 53.7. The lowest BCUT2D eigenvalue weighted by Crippen LogP contribution is -2.72. The summed E-state index contributed by atoms with van der Waals surface area (Å²) in [6.07, 6.45) is 0. The average molecular weight is 521 g/mol. The van der Waals surface area contributed by atoms with Crippen molar-refractivity contribution in [2.75, 3.05) is 0 Å². The molecule has 2 heterocycles. The maximum Gasteiger partial charge on any atom is 0.348 e. The number of nitrogens with one attached hydrogen (secondary N) is 1. The van der Waals surface area contributed by atoms with Crippen molar-refractivity contribution in [3.8, 4) is 0 Å². The molecule has 1 N–H and O–H groups in total. The predicted octanol–water partition coefficient (Wildman–Crippen LogP) is -2.25. The van der Waals surface area contributed by atoms with Crippen LogP contribution in [0.4, 0.5) is 8.78 Å². The van der Waals surface area contributed by atoms with Gasteiger partial charge in [0.2, 0.25) is 19.8 Å². The zero-order valence-electron chi connectivity index (χ0n) is 21.2. The lowest BCUT2D eigenvalue weighted by molar-refractivity contribution is -0.154. The number of carbonyl (C=O) groups excluding carboxylic acids is 4. The van der Waals surface area contributed by atoms with Crippen LogP contribution in [0.2, 0.25) is 16.1 Å². The number of piperidine rings is 1. The van der Waals surface area contributed by atoms with E-state index in [-0.39, 0.29) is 29.9 Å². The van der Waals surface area contributed by atoms with Crippen molar-refractivity contribution >= 4 is 74.6 Å². The molecule has 0 aromatic heterocycles. The van der Waals surface area contributed by atoms with Gasteiger partial charge in [0, 0.05) is 35.1 Å². The fourth-order valence-electron chi connectivity index (χ4n) is 5.06. The zero-order chi connectivity index (χ0) is 27.5. The molecule has 0 spiro atoms. The van der Waals surface area contributed by atoms with Crippen LogP contribution in [-0.4, -0.2) is 78.1 Å². The Kier molecular flexibility index (Phi) is 6.63. The first-order valence-electron chi connectivity index (χ1n) is 11.8. The summed E-state index contributed by atoms with van der Waals surface area (Å²) < 4.78 is 29.7. The standard InChI is InChI=1S/C22H23B5ClF2N3O4/c23-15-16(34)31-18(36)22(26,21(15,24)25)32-9-11-7-10(1-6-14(11)17(32)35)8-33(27)19(37)20(29,30)12-2-4-13(28)5-3-12/h1-7,15H,8-9,23-27H2,(H,31,34,36)/t15?,22-/m1/s1. The molecule has 37 heavy (non-hydrogen) atoms. The highest BCUT2D eigenvalue weighted by Crippen LogP contribution is 2.49. The van der Waals surface area contributed by atoms with E-state index in [1.165, 1.54) is 25.0 Å². The van der Waals surface area contributed by atoms with Gasteiger partial charge in [-0.2, -0.15) is 8.78 Å². The van der Waals surface area contributed by atoms with E-state index < -0.39 is 39.8 Å². The Morgan fingerprint density at radius 2 is 1.76 bits per heavy atom. The van der Waals surface area contributed by atoms with Crippen LogP contribution >= 0.6 is 11.6 Å². The lowest BCUT2D eigenvalue weighted by atomic mass is 9.31. The maximum atomic E-state index is 14.8. The first-order valence-corrected chi connectivity index (χ1v) is 12.2. The van der Waals surface area contributed by atoms with Crippen LogP contribution in [-0.2, 0) is 33.4 Å². The number of rotatable bonds is 5. The Balaban J connectivity index is 1.56. The third-order valence-corrected chi connectivity index (χ3v) is 8.42. The summed E-state index contributed by atoms with van der Waals surface area (Å²) in [5.74, 6) is -6.93. The van der Waals surface area contributed by atoms with Crippen molar-refractivity contribution in [2.45, 2.75) is 35.5 Å². The summed E-state index contributed by atoms with van der Waals surface area (Å²) in [7, 11) is 8.24. The fraction of sp³-hybridized carbons (Fsp3) is 0.273. The van der Waals surface area contributed by atoms with E-state index in [0.717, 1.165) is 16.9 Å². The largest absolute Gasteiger partial charge is 0.384 e. The Bertz CT molecular complexity index is 1330. The summed E-state index contributed by atoms with van der Waals surface area (Å²) in [6.45, 7) is -0.00682. The third kappa shape index (κ3) is 4.19. The molecule has 186 valence electrons. The van der Waals surface area contributed by atoms with Gasteiger partial charge in [0.05, 0.1) is 5.44 Å². The molecule has 2 atom stereocenters. The Morgan fingerprint density at radius 1 is 1.14 bits per heavy atom. The summed E-state index contributed by atoms with van der Waals surface area (Å²) in [6, 6.07) is 9.68. The van der Waals surface area contributed by atoms with Gasteiger partial charge in [-0.15, -0.1) is 0 Å². The van der Waals surface area contributed by atoms with Gasteiger partial charge in [-0.05, 0) is 29.3 Å². The lowest BCUT2D eigenvalue weighted by Gasteiger charge is -2.54. The van der Waals surface area contributed by atoms with Crippen molar-refractivity contribution in [2.24, 2.45) is 0 Å². The summed E-state index contributed by atoms with van der Waals surface area (Å²) in [5, 5.41) is 1.81. The van der Waals surface area contributed by atoms with Gasteiger partial charge in [-0.1, -0.05) is 41.1 Å². The molecule has 2 aliphatic rings. The number of nitrogens with zero attached hydrogens (tertiary/aromatic N) is 2. The molecule has 2 aromatic carbocycles. The normalized spacial score (nSPS) is 22.9. The van der Waals surface area contributed by atoms with Crippen molar-refractivity contribution in [3.05, 3.63) is 69.7 Å². The van der Waals surface area contributed by atoms with Gasteiger partial charge in [0.1, 0.15) is 31.4 Å². The summed E-state index contributed by atoms with van der Waals surface area (Å²) in [5.41, 5.74) is -0.208. The highest BCUT2D eigenvalue weighted by molar-refractivity contribution is 6.57. The van der Waals surface area contributed by atoms with Gasteiger partial charge in [-0.25, -0.2) is 0 Å². The van der Waals surface area contributed by atoms with E-state index in [4.69, 9.17) is 11.6 Å². The number of imide groups is 1. The molecule has 4 rings (SSSR count). The number of alkyl halides is 2. The molecule has 1 unspecified atom stereocenters. The van der Waals surface area contributed by atoms with E-state index in [2.05, 4.69) is 5.32 Å². The predicted molar refractivity (Wildman–Crippen MR) is 147 cm³/mol. The van der Waals surface area contributed by atoms with Crippen LogP contribution in [0.3, 0.4) is 0 Å². The van der Waals surface area contributed by atoms with E-state index in [0.29, 0.717) is 16.7 Å². The highest BCUT2D eigenvalue weighted by Gasteiger charge is 2.60. The second-order valence-corrected chi connectivity index (χ2v) is 10.9. The monoisotopic (exact) mass is 521 g/mol. The molecular formula is C22H23B5ClF2N3O4. The van der Waals surface area contributed by atoms with Crippen molar-refractivity contribution in [1.82, 2.24) is 15.0 Å². The van der Waals surface area contributed by atoms with Gasteiger partial charge < -0.3 is 9.71 Å². The minimum absolute atomic E-state index is 0.106. The average Bonchev–Trinajstić information content (AvgIpc) is 3.17. The number of halogens is 3. The smallest absolute Gasteiger partial charge is 0.348 e. The molecule has 0 aliphatic carbocycles. The second-order valence-electron chi connectivity index (χ2n) is 10.5. The minimum atomic E-state index is -3.74. The van der Waals surface area contributed by atoms with Crippen LogP contribution in [0, 0.1) is 0 Å². The fourth-order valence-corrected chi connectivity index (χ4v) is 5.18. The van der Waals surface area contributed by atoms with Crippen LogP contribution in [0.15, 0.2) is 42.5 Å². The topological polar surface area (TPSA) is 86.8 Å². The van der Waals surface area contributed by atoms with E-state index in [1.807, 2.05) is 0 Å². The van der Waals surface area contributed by atoms with Crippen LogP contribution in [0.25, 0.3) is 0 Å². The van der Waals surface area contributed by atoms with Crippen LogP contribution in [0.5, 0.6) is 0 Å². The van der Waals surface area contributed by atoms with E-state index in [1.54, 1.807) is 49.6 Å². The SMILES string of the molecule is BC1C(=O)NC(=O)[C@@](B)(N2Cc3cc(CN(B)C(=O)C(F)(F)c4ccc(Cl)cc4)ccc3C2=O)C1(B)B. The quantitative estimate of drug-likeness (QED) is 0.357. The van der Waals surface area contributed by atoms with Gasteiger partial charge in [-0.3, -0.25) is 24.5 Å². The van der Waals surface area contributed by atoms with Crippen molar-refractivity contribution < 1.29 is 28.0 Å². The summed E-state index contributed by atoms with van der Waals surface area (Å²) >= 11 is 5.77. The molecule has 0 radical (unpaired) electrons. The minimum Gasteiger partial charge on any atom is -0.384 e. The van der Waals surface area contributed by atoms with Crippen molar-refractivity contribution in [1.29, 1.82) is 0 Å². The molecule has 0 bridgehead atoms. The van der Waals surface area contributed by atoms with Crippen LogP contribution in [0.1, 0.15) is 27.0 Å². The number of carbonyl (C=O) groups is 4. The molecular weight excluding hydrogens is 498 g/mol. The molecule has 0 saturated carbocycles. The number of benzene rings is 2. The number of hydrogen-bond donors (Lipinski definition) is 1. The van der Waals surface area contributed by atoms with E-state index in [9.17, 15) is 28.0 Å². The highest BCUT2D eigenvalue weighted by atomic mass is 35.5. The van der Waals surface area contributed by atoms with Gasteiger partial charge in [0.15, 0.2) is 0 Å². The molecule has 15 heteroatoms. The van der Waals surface area contributed by atoms with E-state index >= 15 is 0 Å². The van der Waals surface area contributed by atoms with Crippen LogP contribution < -0.4 is 5.32 Å². The second kappa shape index (κ2) is 9.08. The van der Waals surface area contributed by atoms with Crippen molar-refractivity contribution in [3.63, 3.8) is 0 Å². The Hall–Kier alpha value is -3.01. The first-order chi connectivity index (χ1) is 17.1. The zero-order valence-corrected chi connectivity index (χ0v) is 22.0. The molecule has 7 nitrogen and oxygen atoms in total. The Labute approximate surface area is 222 Å². The maximum absolute atomic E-state index is 14.8. The molecule has 1 saturated heterocycles. The number of hydrogen-bond acceptors (Lipinski definition) is 4. The molecule has 4 amide bonds. The molecule has 1 fully saturated rings. The molecule has 2 aliphatic heterocycles.